The molecule has 0 saturated heterocycles. The maximum Gasteiger partial charge on any atom is 0.344 e. The minimum Gasteiger partial charge on any atom is -0.495 e. The van der Waals surface area contributed by atoms with E-state index >= 15 is 0 Å². The van der Waals surface area contributed by atoms with Crippen LogP contribution in [0.4, 0.5) is 0 Å². The van der Waals surface area contributed by atoms with Gasteiger partial charge in [0.15, 0.2) is 5.75 Å². The summed E-state index contributed by atoms with van der Waals surface area (Å²) in [6.07, 6.45) is 0. The summed E-state index contributed by atoms with van der Waals surface area (Å²) in [4.78, 5) is 36.3. The Labute approximate surface area is 244 Å². The van der Waals surface area contributed by atoms with E-state index in [1.54, 1.807) is 13.0 Å². The number of nitrogens with two attached hydrogens (primary N) is 1. The van der Waals surface area contributed by atoms with E-state index in [4.69, 9.17) is 50.7 Å². The number of esters is 1. The Morgan fingerprint density at radius 2 is 1.81 bits per heavy atom. The van der Waals surface area contributed by atoms with Gasteiger partial charge < -0.3 is 29.1 Å². The van der Waals surface area contributed by atoms with Crippen LogP contribution in [-0.4, -0.2) is 29.7 Å². The minimum atomic E-state index is -1.21. The number of rotatable bonds is 7. The van der Waals surface area contributed by atoms with Crippen LogP contribution in [0.3, 0.4) is 0 Å². The first-order valence-corrected chi connectivity index (χ1v) is 13.4. The van der Waals surface area contributed by atoms with Gasteiger partial charge in [0.25, 0.3) is 0 Å². The van der Waals surface area contributed by atoms with Crippen LogP contribution in [0.25, 0.3) is 21.9 Å². The molecule has 2 N–H and O–H groups in total. The molecule has 1 atom stereocenters. The summed E-state index contributed by atoms with van der Waals surface area (Å²) < 4.78 is 28.3. The van der Waals surface area contributed by atoms with Crippen molar-refractivity contribution in [2.75, 3.05) is 13.7 Å². The lowest BCUT2D eigenvalue weighted by atomic mass is 9.88. The maximum atomic E-state index is 13.6. The normalized spacial score (nSPS) is 14.4. The molecule has 0 fully saturated rings. The molecule has 0 amide bonds. The van der Waals surface area contributed by atoms with Crippen molar-refractivity contribution in [3.8, 4) is 17.4 Å². The van der Waals surface area contributed by atoms with Crippen LogP contribution in [-0.2, 0) is 16.1 Å². The number of hydrogen-bond donors (Lipinski definition) is 1. The van der Waals surface area contributed by atoms with E-state index in [9.17, 15) is 9.59 Å². The Bertz CT molecular complexity index is 1940. The molecule has 0 bridgehead atoms. The van der Waals surface area contributed by atoms with E-state index in [0.29, 0.717) is 22.0 Å². The van der Waals surface area contributed by atoms with Gasteiger partial charge in [0.05, 0.1) is 46.5 Å². The van der Waals surface area contributed by atoms with Gasteiger partial charge in [-0.3, -0.25) is 0 Å². The Morgan fingerprint density at radius 3 is 2.57 bits per heavy atom. The SMILES string of the molecule is CCOC(=O)C1=C(N)Oc2c(c(=O)oc3cc(OC)c(Cl)cc23)C1c1nc(OCc2ccccc2)c2ccccc2n1. The number of methoxy groups -OCH3 is 1. The van der Waals surface area contributed by atoms with Crippen LogP contribution < -0.4 is 25.6 Å². The van der Waals surface area contributed by atoms with Gasteiger partial charge in [-0.25, -0.2) is 14.6 Å². The maximum absolute atomic E-state index is 13.6. The van der Waals surface area contributed by atoms with Crippen molar-refractivity contribution in [1.82, 2.24) is 9.97 Å². The van der Waals surface area contributed by atoms with Crippen LogP contribution in [0.15, 0.2) is 87.4 Å². The number of para-hydroxylation sites is 1. The standard InChI is InChI=1S/C31H24ClN3O7/c1-3-39-30(36)25-23(24-26(42-27(25)33)18-13-19(32)22(38-2)14-21(18)41-31(24)37)28-34-20-12-8-7-11-17(20)29(35-28)40-15-16-9-5-4-6-10-16/h4-14,23H,3,15,33H2,1-2H3. The van der Waals surface area contributed by atoms with Crippen LogP contribution in [0, 0.1) is 0 Å². The van der Waals surface area contributed by atoms with E-state index in [1.807, 2.05) is 48.5 Å². The van der Waals surface area contributed by atoms with Crippen molar-refractivity contribution in [3.63, 3.8) is 0 Å². The molecule has 0 saturated carbocycles. The van der Waals surface area contributed by atoms with Crippen molar-refractivity contribution < 1.29 is 28.2 Å². The summed E-state index contributed by atoms with van der Waals surface area (Å²) in [5, 5.41) is 1.23. The topological polar surface area (TPSA) is 136 Å². The molecule has 10 nitrogen and oxygen atoms in total. The third-order valence-corrected chi connectivity index (χ3v) is 7.07. The number of hydrogen-bond acceptors (Lipinski definition) is 10. The molecule has 42 heavy (non-hydrogen) atoms. The summed E-state index contributed by atoms with van der Waals surface area (Å²) in [7, 11) is 1.44. The predicted molar refractivity (Wildman–Crippen MR) is 155 cm³/mol. The molecule has 5 aromatic rings. The summed E-state index contributed by atoms with van der Waals surface area (Å²) in [5.41, 5.74) is 6.99. The van der Waals surface area contributed by atoms with Gasteiger partial charge in [-0.05, 0) is 30.7 Å². The summed E-state index contributed by atoms with van der Waals surface area (Å²) in [6.45, 7) is 1.93. The van der Waals surface area contributed by atoms with Crippen LogP contribution in [0.2, 0.25) is 5.02 Å². The number of carbonyl (C=O) groups is 1. The van der Waals surface area contributed by atoms with Crippen molar-refractivity contribution >= 4 is 39.4 Å². The molecule has 11 heteroatoms. The number of aromatic nitrogens is 2. The van der Waals surface area contributed by atoms with Crippen LogP contribution in [0.5, 0.6) is 17.4 Å². The second-order valence-corrected chi connectivity index (χ2v) is 9.73. The predicted octanol–water partition coefficient (Wildman–Crippen LogP) is 5.23. The summed E-state index contributed by atoms with van der Waals surface area (Å²) in [5.74, 6) is -1.59. The third kappa shape index (κ3) is 4.75. The van der Waals surface area contributed by atoms with Crippen molar-refractivity contribution in [1.29, 1.82) is 0 Å². The fraction of sp³-hybridized carbons (Fsp3) is 0.161. The first kappa shape index (κ1) is 27.1. The molecule has 3 aromatic carbocycles. The highest BCUT2D eigenvalue weighted by Crippen LogP contribution is 2.45. The number of fused-ring (bicyclic) bond motifs is 4. The second-order valence-electron chi connectivity index (χ2n) is 9.33. The largest absolute Gasteiger partial charge is 0.495 e. The highest BCUT2D eigenvalue weighted by Gasteiger charge is 2.41. The fourth-order valence-corrected chi connectivity index (χ4v) is 5.11. The number of carbonyl (C=O) groups excluding carboxylic acids is 1. The van der Waals surface area contributed by atoms with E-state index in [2.05, 4.69) is 0 Å². The van der Waals surface area contributed by atoms with Gasteiger partial charge in [-0.1, -0.05) is 54.1 Å². The quantitative estimate of drug-likeness (QED) is 0.199. The molecule has 0 radical (unpaired) electrons. The second kappa shape index (κ2) is 11.1. The van der Waals surface area contributed by atoms with Gasteiger partial charge in [-0.2, -0.15) is 4.98 Å². The molecule has 0 spiro atoms. The number of benzene rings is 3. The zero-order valence-corrected chi connectivity index (χ0v) is 23.3. The van der Waals surface area contributed by atoms with Gasteiger partial charge >= 0.3 is 11.6 Å². The molecule has 212 valence electrons. The molecule has 1 unspecified atom stereocenters. The average Bonchev–Trinajstić information content (AvgIpc) is 3.00. The van der Waals surface area contributed by atoms with E-state index in [1.165, 1.54) is 19.2 Å². The Morgan fingerprint density at radius 1 is 1.05 bits per heavy atom. The Hall–Kier alpha value is -5.09. The van der Waals surface area contributed by atoms with E-state index in [-0.39, 0.29) is 58.3 Å². The lowest BCUT2D eigenvalue weighted by molar-refractivity contribution is -0.139. The van der Waals surface area contributed by atoms with Crippen molar-refractivity contribution in [2.45, 2.75) is 19.4 Å². The van der Waals surface area contributed by atoms with Gasteiger partial charge in [-0.15, -0.1) is 0 Å². The lowest BCUT2D eigenvalue weighted by Crippen LogP contribution is -2.32. The van der Waals surface area contributed by atoms with Crippen molar-refractivity contribution in [2.24, 2.45) is 5.73 Å². The van der Waals surface area contributed by atoms with Crippen LogP contribution >= 0.6 is 11.6 Å². The first-order chi connectivity index (χ1) is 20.4. The van der Waals surface area contributed by atoms with Gasteiger partial charge in [0, 0.05) is 6.07 Å². The molecule has 2 aromatic heterocycles. The number of halogens is 1. The third-order valence-electron chi connectivity index (χ3n) is 6.78. The highest BCUT2D eigenvalue weighted by atomic mass is 35.5. The van der Waals surface area contributed by atoms with E-state index < -0.39 is 17.5 Å². The molecule has 1 aliphatic rings. The summed E-state index contributed by atoms with van der Waals surface area (Å²) >= 11 is 6.41. The summed E-state index contributed by atoms with van der Waals surface area (Å²) in [6, 6.07) is 19.8. The minimum absolute atomic E-state index is 0.0368. The zero-order chi connectivity index (χ0) is 29.4. The highest BCUT2D eigenvalue weighted by molar-refractivity contribution is 6.33. The fourth-order valence-electron chi connectivity index (χ4n) is 4.87. The smallest absolute Gasteiger partial charge is 0.344 e. The number of nitrogens with zero attached hydrogens (tertiary/aromatic N) is 2. The van der Waals surface area contributed by atoms with Gasteiger partial charge in [0.1, 0.15) is 29.3 Å². The van der Waals surface area contributed by atoms with E-state index in [0.717, 1.165) is 5.56 Å². The Balaban J connectivity index is 1.59. The molecule has 3 heterocycles. The molecule has 0 aliphatic carbocycles. The van der Waals surface area contributed by atoms with Crippen LogP contribution in [0.1, 0.15) is 29.8 Å². The molecular weight excluding hydrogens is 562 g/mol. The first-order valence-electron chi connectivity index (χ1n) is 13.0. The molecule has 1 aliphatic heterocycles. The monoisotopic (exact) mass is 585 g/mol. The Kier molecular flexibility index (Phi) is 7.13. The lowest BCUT2D eigenvalue weighted by Gasteiger charge is -2.27. The zero-order valence-electron chi connectivity index (χ0n) is 22.5. The molecular formula is C31H24ClN3O7. The van der Waals surface area contributed by atoms with Gasteiger partial charge in [0.2, 0.25) is 11.8 Å². The number of ether oxygens (including phenoxy) is 4. The average molecular weight is 586 g/mol. The molecule has 6 rings (SSSR count). The van der Waals surface area contributed by atoms with Crippen molar-refractivity contribution in [3.05, 3.63) is 111 Å².